The summed E-state index contributed by atoms with van der Waals surface area (Å²) < 4.78 is 0. The third-order valence-electron chi connectivity index (χ3n) is 0.374. The van der Waals surface area contributed by atoms with Crippen molar-refractivity contribution < 1.29 is 9.90 Å². The molecule has 0 unspecified atom stereocenters. The second kappa shape index (κ2) is 4.02. The van der Waals surface area contributed by atoms with Crippen molar-refractivity contribution in [1.29, 1.82) is 0 Å². The predicted octanol–water partition coefficient (Wildman–Crippen LogP) is 0.858. The summed E-state index contributed by atoms with van der Waals surface area (Å²) in [6.07, 6.45) is -1.26. The molecule has 0 radical (unpaired) electrons. The van der Waals surface area contributed by atoms with E-state index in [-0.39, 0.29) is 0 Å². The van der Waals surface area contributed by atoms with Crippen molar-refractivity contribution in [3.8, 4) is 0 Å². The maximum Gasteiger partial charge on any atom is 0.440 e. The first-order valence-electron chi connectivity index (χ1n) is 2.12. The highest BCUT2D eigenvalue weighted by Gasteiger charge is 1.80. The molecule has 8 heavy (non-hydrogen) atoms. The average Bonchev–Trinajstić information content (AvgIpc) is 1.66. The van der Waals surface area contributed by atoms with Crippen molar-refractivity contribution in [3.05, 3.63) is 0 Å². The lowest BCUT2D eigenvalue weighted by atomic mass is 10.8. The zero-order chi connectivity index (χ0) is 6.41. The van der Waals surface area contributed by atoms with Crippen LogP contribution < -0.4 is 0 Å². The first-order chi connectivity index (χ1) is 3.77. The summed E-state index contributed by atoms with van der Waals surface area (Å²) in [4.78, 5) is 15.8. The van der Waals surface area contributed by atoms with Crippen LogP contribution in [0.4, 0.5) is 4.79 Å². The van der Waals surface area contributed by atoms with Crippen LogP contribution in [-0.4, -0.2) is 23.8 Å². The highest BCUT2D eigenvalue weighted by atomic mass is 16.4. The van der Waals surface area contributed by atoms with Crippen molar-refractivity contribution in [2.75, 3.05) is 6.54 Å². The molecule has 0 aliphatic heterocycles. The summed E-state index contributed by atoms with van der Waals surface area (Å²) in [6.45, 7) is 2.28. The Hall–Kier alpha value is -1.15. The smallest absolute Gasteiger partial charge is 0.440 e. The lowest BCUT2D eigenvalue weighted by Crippen LogP contribution is -1.81. The quantitative estimate of drug-likeness (QED) is 0.514. The molecular formula is C4H6N2O2. The fraction of sp³-hybridized carbons (Fsp3) is 0.500. The Morgan fingerprint density at radius 1 is 1.88 bits per heavy atom. The number of amides is 1. The molecule has 0 bridgehead atoms. The second-order valence-corrected chi connectivity index (χ2v) is 0.969. The summed E-state index contributed by atoms with van der Waals surface area (Å²) in [5.41, 5.74) is 0. The van der Waals surface area contributed by atoms with Gasteiger partial charge in [0.15, 0.2) is 0 Å². The first-order valence-corrected chi connectivity index (χ1v) is 2.12. The van der Waals surface area contributed by atoms with E-state index in [1.165, 1.54) is 0 Å². The lowest BCUT2D eigenvalue weighted by molar-refractivity contribution is 0.206. The highest BCUT2D eigenvalue weighted by Crippen LogP contribution is 1.65. The van der Waals surface area contributed by atoms with Crippen molar-refractivity contribution >= 4 is 12.1 Å². The maximum absolute atomic E-state index is 9.58. The molecule has 1 N–H and O–H groups in total. The minimum atomic E-state index is -1.26. The monoisotopic (exact) mass is 114 g/mol. The summed E-state index contributed by atoms with van der Waals surface area (Å²) in [7, 11) is 0. The summed E-state index contributed by atoms with van der Waals surface area (Å²) in [5, 5.41) is 7.85. The first kappa shape index (κ1) is 6.85. The largest absolute Gasteiger partial charge is 0.463 e. The molecule has 0 aromatic rings. The Balaban J connectivity index is 3.64. The van der Waals surface area contributed by atoms with Crippen LogP contribution in [0.15, 0.2) is 9.98 Å². The van der Waals surface area contributed by atoms with E-state index in [1.54, 1.807) is 6.92 Å². The van der Waals surface area contributed by atoms with Crippen LogP contribution in [0.2, 0.25) is 0 Å². The second-order valence-electron chi connectivity index (χ2n) is 0.969. The molecule has 0 aliphatic carbocycles. The van der Waals surface area contributed by atoms with Crippen LogP contribution in [0.1, 0.15) is 6.92 Å². The third kappa shape index (κ3) is 4.85. The van der Waals surface area contributed by atoms with E-state index in [0.717, 1.165) is 0 Å². The third-order valence-corrected chi connectivity index (χ3v) is 0.374. The molecule has 0 aliphatic rings. The number of carbonyl (C=O) groups is 1. The van der Waals surface area contributed by atoms with E-state index in [4.69, 9.17) is 5.11 Å². The fourth-order valence-corrected chi connectivity index (χ4v) is 0.149. The summed E-state index contributed by atoms with van der Waals surface area (Å²) in [6, 6.07) is 1.98. The van der Waals surface area contributed by atoms with Gasteiger partial charge < -0.3 is 5.11 Å². The normalized spacial score (nSPS) is 7.12. The van der Waals surface area contributed by atoms with Crippen LogP contribution in [0.5, 0.6) is 0 Å². The molecule has 4 heteroatoms. The van der Waals surface area contributed by atoms with Gasteiger partial charge in [0, 0.05) is 6.54 Å². The Morgan fingerprint density at radius 2 is 2.50 bits per heavy atom. The molecule has 0 heterocycles. The van der Waals surface area contributed by atoms with Gasteiger partial charge in [-0.2, -0.15) is 0 Å². The van der Waals surface area contributed by atoms with E-state index < -0.39 is 6.09 Å². The van der Waals surface area contributed by atoms with Crippen LogP contribution in [0.3, 0.4) is 0 Å². The number of rotatable bonds is 1. The molecule has 0 fully saturated rings. The Morgan fingerprint density at radius 3 is 2.88 bits per heavy atom. The van der Waals surface area contributed by atoms with Gasteiger partial charge in [0.1, 0.15) is 6.01 Å². The van der Waals surface area contributed by atoms with Crippen LogP contribution in [0, 0.1) is 0 Å². The molecule has 0 saturated heterocycles. The Kier molecular flexibility index (Phi) is 3.44. The minimum Gasteiger partial charge on any atom is -0.463 e. The molecule has 4 nitrogen and oxygen atoms in total. The zero-order valence-electron chi connectivity index (χ0n) is 4.46. The van der Waals surface area contributed by atoms with Crippen molar-refractivity contribution in [1.82, 2.24) is 0 Å². The SMILES string of the molecule is CCN=C=NC(=O)O. The Labute approximate surface area is 46.6 Å². The van der Waals surface area contributed by atoms with Gasteiger partial charge in [-0.25, -0.2) is 9.79 Å². The van der Waals surface area contributed by atoms with Crippen molar-refractivity contribution in [2.24, 2.45) is 9.98 Å². The van der Waals surface area contributed by atoms with Gasteiger partial charge in [0.05, 0.1) is 0 Å². The average molecular weight is 114 g/mol. The molecule has 0 rings (SSSR count). The molecule has 0 atom stereocenters. The van der Waals surface area contributed by atoms with E-state index in [9.17, 15) is 4.79 Å². The number of hydrogen-bond donors (Lipinski definition) is 1. The van der Waals surface area contributed by atoms with Gasteiger partial charge in [0.2, 0.25) is 0 Å². The maximum atomic E-state index is 9.58. The van der Waals surface area contributed by atoms with Gasteiger partial charge in [-0.3, -0.25) is 0 Å². The lowest BCUT2D eigenvalue weighted by Gasteiger charge is -1.69. The Bertz CT molecular complexity index is 135. The highest BCUT2D eigenvalue weighted by molar-refractivity contribution is 5.73. The fourth-order valence-electron chi connectivity index (χ4n) is 0.149. The van der Waals surface area contributed by atoms with Crippen molar-refractivity contribution in [2.45, 2.75) is 6.92 Å². The van der Waals surface area contributed by atoms with Gasteiger partial charge in [-0.1, -0.05) is 0 Å². The summed E-state index contributed by atoms with van der Waals surface area (Å²) >= 11 is 0. The van der Waals surface area contributed by atoms with Gasteiger partial charge in [0.25, 0.3) is 0 Å². The van der Waals surface area contributed by atoms with Gasteiger partial charge in [-0.15, -0.1) is 4.99 Å². The van der Waals surface area contributed by atoms with Gasteiger partial charge >= 0.3 is 6.09 Å². The van der Waals surface area contributed by atoms with Crippen LogP contribution >= 0.6 is 0 Å². The van der Waals surface area contributed by atoms with Gasteiger partial charge in [-0.05, 0) is 6.92 Å². The van der Waals surface area contributed by atoms with E-state index >= 15 is 0 Å². The minimum absolute atomic E-state index is 0.511. The standard InChI is InChI=1S/C4H6N2O2/c1-2-5-3-6-4(7)8/h2H2,1H3,(H,7,8). The molecule has 0 aromatic carbocycles. The molecule has 1 amide bonds. The zero-order valence-corrected chi connectivity index (χ0v) is 4.46. The molecular weight excluding hydrogens is 108 g/mol. The van der Waals surface area contributed by atoms with Crippen LogP contribution in [0.25, 0.3) is 0 Å². The number of hydrogen-bond acceptors (Lipinski definition) is 2. The van der Waals surface area contributed by atoms with E-state index in [1.807, 2.05) is 6.01 Å². The number of aliphatic imine (C=N–C) groups is 2. The predicted molar refractivity (Wildman–Crippen MR) is 28.4 cm³/mol. The van der Waals surface area contributed by atoms with E-state index in [0.29, 0.717) is 6.54 Å². The van der Waals surface area contributed by atoms with E-state index in [2.05, 4.69) is 9.98 Å². The molecule has 0 saturated carbocycles. The van der Waals surface area contributed by atoms with Crippen molar-refractivity contribution in [3.63, 3.8) is 0 Å². The number of carboxylic acid groups (broad SMARTS) is 1. The molecule has 0 aromatic heterocycles. The molecule has 44 valence electrons. The molecule has 0 spiro atoms. The van der Waals surface area contributed by atoms with Crippen LogP contribution in [-0.2, 0) is 0 Å². The summed E-state index contributed by atoms with van der Waals surface area (Å²) in [5.74, 6) is 0. The number of nitrogens with zero attached hydrogens (tertiary/aromatic N) is 2. The topological polar surface area (TPSA) is 62.0 Å².